The molecule has 0 spiro atoms. The SMILES string of the molecule is [B]B([B])B(B([B])[B])B(B([B])[B])B([B])B([B-])[B-]. The summed E-state index contributed by atoms with van der Waals surface area (Å²) in [7, 11) is 50.4. The highest BCUT2D eigenvalue weighted by atomic mass is 13.2. The average Bonchev–Trinajstić information content (AvgIpc) is 2.10. The Labute approximate surface area is 114 Å². The van der Waals surface area contributed by atoms with Gasteiger partial charge in [0, 0.05) is 0 Å². The Hall–Kier alpha value is 1.04. The first-order valence-corrected chi connectivity index (χ1v) is 5.00. The summed E-state index contributed by atoms with van der Waals surface area (Å²) < 4.78 is 0. The van der Waals surface area contributed by atoms with Gasteiger partial charge < -0.3 is 21.9 Å². The van der Waals surface area contributed by atoms with Gasteiger partial charge in [-0.25, -0.2) is 0 Å². The van der Waals surface area contributed by atoms with E-state index in [2.05, 4.69) is 0 Å². The molecule has 0 N–H and O–H groups in total. The minimum absolute atomic E-state index is 0.556. The second kappa shape index (κ2) is 7.47. The summed E-state index contributed by atoms with van der Waals surface area (Å²) in [4.78, 5) is 0. The van der Waals surface area contributed by atoms with Gasteiger partial charge >= 0.3 is 0 Å². The molecule has 0 rings (SSSR count). The molecule has 0 amide bonds. The first-order valence-electron chi connectivity index (χ1n) is 5.00. The predicted octanol–water partition coefficient (Wildman–Crippen LogP) is -6.09. The van der Waals surface area contributed by atoms with Gasteiger partial charge in [0.05, 0.1) is 0 Å². The van der Waals surface area contributed by atoms with E-state index < -0.39 is 44.7 Å². The molecule has 0 aliphatic rings. The maximum atomic E-state index is 5.81. The van der Waals surface area contributed by atoms with E-state index >= 15 is 0 Å². The van der Waals surface area contributed by atoms with Crippen molar-refractivity contribution in [1.82, 2.24) is 0 Å². The molecule has 0 saturated carbocycles. The molecule has 16 heavy (non-hydrogen) atoms. The molecular weight excluding hydrogens is 173 g/mol. The van der Waals surface area contributed by atoms with E-state index in [9.17, 15) is 0 Å². The molecule has 20 radical (unpaired) electrons. The Morgan fingerprint density at radius 2 is 0.875 bits per heavy atom. The van der Waals surface area contributed by atoms with Gasteiger partial charge in [0.15, 0.2) is 0 Å². The van der Waals surface area contributed by atoms with Crippen LogP contribution in [0, 0.1) is 0 Å². The molecule has 50 valence electrons. The van der Waals surface area contributed by atoms with Crippen LogP contribution >= 0.6 is 0 Å². The van der Waals surface area contributed by atoms with Gasteiger partial charge in [0.25, 0.3) is 0 Å². The highest BCUT2D eigenvalue weighted by Crippen LogP contribution is 2.00. The molecule has 0 bridgehead atoms. The van der Waals surface area contributed by atoms with Gasteiger partial charge in [-0.15, -0.1) is 0 Å². The van der Waals surface area contributed by atoms with Crippen molar-refractivity contribution in [3.63, 3.8) is 0 Å². The van der Waals surface area contributed by atoms with Gasteiger partial charge in [-0.05, 0) is 86.1 Å². The zero-order valence-corrected chi connectivity index (χ0v) is 9.24. The zero-order chi connectivity index (χ0) is 13.0. The molecule has 0 aliphatic carbocycles. The van der Waals surface area contributed by atoms with E-state index in [1.54, 1.807) is 0 Å². The Kier molecular flexibility index (Phi) is 7.95. The standard InChI is InChI=1S/B16/c1-10(2)14(9)16(13(7)8)15(11(3)4)12(5)6/q-2. The lowest BCUT2D eigenvalue weighted by molar-refractivity contribution is 3.38. The first kappa shape index (κ1) is 17.0. The van der Waals surface area contributed by atoms with Crippen LogP contribution in [0.1, 0.15) is 0 Å². The lowest BCUT2D eigenvalue weighted by Crippen LogP contribution is -2.75. The van der Waals surface area contributed by atoms with Crippen molar-refractivity contribution in [3.8, 4) is 0 Å². The van der Waals surface area contributed by atoms with E-state index in [1.807, 2.05) is 0 Å². The maximum Gasteiger partial charge on any atom is -0.0000000243 e. The largest absolute Gasteiger partial charge is 0.729 e. The molecule has 0 aromatic heterocycles. The summed E-state index contributed by atoms with van der Waals surface area (Å²) in [6, 6.07) is 0. The fourth-order valence-electron chi connectivity index (χ4n) is 1.80. The molecule has 0 unspecified atom stereocenters. The normalized spacial score (nSPS) is 9.12. The Morgan fingerprint density at radius 3 is 1.06 bits per heavy atom. The van der Waals surface area contributed by atoms with Crippen LogP contribution in [0.5, 0.6) is 0 Å². The van der Waals surface area contributed by atoms with Crippen molar-refractivity contribution < 1.29 is 0 Å². The third-order valence-corrected chi connectivity index (χ3v) is 2.67. The van der Waals surface area contributed by atoms with E-state index in [-0.39, 0.29) is 0 Å². The Morgan fingerprint density at radius 1 is 0.562 bits per heavy atom. The monoisotopic (exact) mass is 176 g/mol. The average molecular weight is 173 g/mol. The maximum absolute atomic E-state index is 5.81. The lowest BCUT2D eigenvalue weighted by atomic mass is 8.44. The fraction of sp³-hybridized carbons (Fsp3) is 0. The van der Waals surface area contributed by atoms with E-state index in [1.165, 1.54) is 0 Å². The summed E-state index contributed by atoms with van der Waals surface area (Å²) in [5.74, 6) is 0. The number of hydrogen-bond acceptors (Lipinski definition) is 0. The molecule has 0 aromatic rings. The van der Waals surface area contributed by atoms with Gasteiger partial charge in [-0.3, -0.25) is 0 Å². The van der Waals surface area contributed by atoms with E-state index in [4.69, 9.17) is 69.6 Å². The summed E-state index contributed by atoms with van der Waals surface area (Å²) in [5.41, 5.74) is 0. The third-order valence-electron chi connectivity index (χ3n) is 2.67. The topological polar surface area (TPSA) is 0 Å². The molecule has 0 aliphatic heterocycles. The van der Waals surface area contributed by atoms with Crippen molar-refractivity contribution in [2.24, 2.45) is 0 Å². The van der Waals surface area contributed by atoms with Crippen LogP contribution in [0.4, 0.5) is 0 Å². The van der Waals surface area contributed by atoms with Gasteiger partial charge in [-0.1, -0.05) is 6.39 Å². The summed E-state index contributed by atoms with van der Waals surface area (Å²) in [6.45, 7) is 0. The van der Waals surface area contributed by atoms with Crippen LogP contribution in [0.25, 0.3) is 0 Å². The molecule has 0 aromatic carbocycles. The van der Waals surface area contributed by atoms with Crippen LogP contribution in [-0.2, 0) is 0 Å². The fourth-order valence-corrected chi connectivity index (χ4v) is 1.80. The minimum atomic E-state index is -0.807. The molecule has 0 heterocycles. The summed E-state index contributed by atoms with van der Waals surface area (Å²) >= 11 is 0. The quantitative estimate of drug-likeness (QED) is 0.351. The van der Waals surface area contributed by atoms with Crippen molar-refractivity contribution in [3.05, 3.63) is 0 Å². The molecule has 0 fully saturated rings. The summed E-state index contributed by atoms with van der Waals surface area (Å²) in [5, 5.41) is 0. The van der Waals surface area contributed by atoms with Crippen LogP contribution in [0.2, 0.25) is 0 Å². The molecule has 16 heteroatoms. The minimum Gasteiger partial charge on any atom is -0.729 e. The Bertz CT molecular complexity index is 168. The zero-order valence-electron chi connectivity index (χ0n) is 9.24. The van der Waals surface area contributed by atoms with Crippen molar-refractivity contribution in [2.45, 2.75) is 0 Å². The molecular formula is B16-2. The highest BCUT2D eigenvalue weighted by molar-refractivity contribution is 8.13. The van der Waals surface area contributed by atoms with Gasteiger partial charge in [-0.2, -0.15) is 0 Å². The van der Waals surface area contributed by atoms with Crippen molar-refractivity contribution in [1.29, 1.82) is 0 Å². The smallest absolute Gasteiger partial charge is 0.0000000243 e. The van der Waals surface area contributed by atoms with E-state index in [0.717, 1.165) is 0 Å². The van der Waals surface area contributed by atoms with Crippen molar-refractivity contribution >= 4 is 114 Å². The van der Waals surface area contributed by atoms with Gasteiger partial charge in [0.2, 0.25) is 0 Å². The molecule has 0 atom stereocenters. The molecule has 0 nitrogen and oxygen atoms in total. The summed E-state index contributed by atoms with van der Waals surface area (Å²) in [6.07, 6.45) is -5.02. The van der Waals surface area contributed by atoms with Crippen LogP contribution in [-0.4, -0.2) is 114 Å². The lowest BCUT2D eigenvalue weighted by Gasteiger charge is -2.49. The van der Waals surface area contributed by atoms with Crippen molar-refractivity contribution in [2.75, 3.05) is 0 Å². The van der Waals surface area contributed by atoms with Crippen LogP contribution < -0.4 is 0 Å². The number of rotatable bonds is 6. The Balaban J connectivity index is 5.00. The predicted molar refractivity (Wildman–Crippen MR) is 92.1 cm³/mol. The second-order valence-corrected chi connectivity index (χ2v) is 4.04. The van der Waals surface area contributed by atoms with Gasteiger partial charge in [0.1, 0.15) is 0 Å². The van der Waals surface area contributed by atoms with E-state index in [0.29, 0.717) is 0 Å². The highest BCUT2D eigenvalue weighted by Gasteiger charge is 2.35. The number of hydrogen-bond donors (Lipinski definition) is 0. The van der Waals surface area contributed by atoms with Crippen LogP contribution in [0.15, 0.2) is 0 Å². The second-order valence-electron chi connectivity index (χ2n) is 4.04. The van der Waals surface area contributed by atoms with Crippen LogP contribution in [0.3, 0.4) is 0 Å². The molecule has 0 saturated heterocycles. The third kappa shape index (κ3) is 4.73. The first-order chi connectivity index (χ1) is 7.20.